The minimum atomic E-state index is -0.473. The maximum Gasteiger partial charge on any atom is 0.315 e. The quantitative estimate of drug-likeness (QED) is 0.452. The first kappa shape index (κ1) is 9.98. The van der Waals surface area contributed by atoms with Gasteiger partial charge in [-0.25, -0.2) is 0 Å². The summed E-state index contributed by atoms with van der Waals surface area (Å²) in [6, 6.07) is 0. The lowest BCUT2D eigenvalue weighted by Crippen LogP contribution is -2.30. The van der Waals surface area contributed by atoms with Gasteiger partial charge in [0.25, 0.3) is 0 Å². The molecule has 0 aliphatic carbocycles. The van der Waals surface area contributed by atoms with Gasteiger partial charge in [0.2, 0.25) is 5.91 Å². The number of ether oxygens (including phenoxy) is 2. The molecule has 1 heterocycles. The highest BCUT2D eigenvalue weighted by molar-refractivity contribution is 5.94. The Morgan fingerprint density at radius 3 is 2.85 bits per heavy atom. The Bertz CT molecular complexity index is 198. The van der Waals surface area contributed by atoms with Crippen LogP contribution in [0.25, 0.3) is 0 Å². The van der Waals surface area contributed by atoms with Gasteiger partial charge in [0.15, 0.2) is 0 Å². The van der Waals surface area contributed by atoms with Crippen molar-refractivity contribution in [3.8, 4) is 0 Å². The van der Waals surface area contributed by atoms with Crippen LogP contribution in [0.3, 0.4) is 0 Å². The number of carbonyl (C=O) groups is 2. The van der Waals surface area contributed by atoms with Crippen LogP contribution in [0.15, 0.2) is 0 Å². The van der Waals surface area contributed by atoms with Crippen LogP contribution < -0.4 is 0 Å². The number of amides is 1. The van der Waals surface area contributed by atoms with Crippen molar-refractivity contribution in [1.29, 1.82) is 0 Å². The Labute approximate surface area is 76.6 Å². The number of hydrogen-bond acceptors (Lipinski definition) is 4. The lowest BCUT2D eigenvalue weighted by molar-refractivity contribution is -0.148. The second kappa shape index (κ2) is 4.81. The van der Waals surface area contributed by atoms with E-state index in [1.165, 1.54) is 4.90 Å². The largest absolute Gasteiger partial charge is 0.466 e. The zero-order chi connectivity index (χ0) is 9.68. The van der Waals surface area contributed by atoms with E-state index in [1.807, 2.05) is 0 Å². The summed E-state index contributed by atoms with van der Waals surface area (Å²) in [4.78, 5) is 23.7. The number of carbonyl (C=O) groups excluding carboxylic acids is 2. The van der Waals surface area contributed by atoms with E-state index < -0.39 is 5.97 Å². The average molecular weight is 187 g/mol. The first-order valence-electron chi connectivity index (χ1n) is 4.25. The first-order chi connectivity index (χ1) is 6.24. The van der Waals surface area contributed by atoms with Gasteiger partial charge in [-0.05, 0) is 6.92 Å². The van der Waals surface area contributed by atoms with Crippen molar-refractivity contribution in [3.63, 3.8) is 0 Å². The Morgan fingerprint density at radius 2 is 2.31 bits per heavy atom. The fourth-order valence-electron chi connectivity index (χ4n) is 1.06. The van der Waals surface area contributed by atoms with Gasteiger partial charge in [-0.3, -0.25) is 9.59 Å². The van der Waals surface area contributed by atoms with E-state index in [2.05, 4.69) is 4.74 Å². The molecule has 0 unspecified atom stereocenters. The minimum Gasteiger partial charge on any atom is -0.466 e. The van der Waals surface area contributed by atoms with Gasteiger partial charge in [0.05, 0.1) is 13.2 Å². The van der Waals surface area contributed by atoms with Crippen molar-refractivity contribution in [2.75, 3.05) is 26.5 Å². The van der Waals surface area contributed by atoms with Crippen LogP contribution in [0, 0.1) is 0 Å². The lowest BCUT2D eigenvalue weighted by Gasteiger charge is -2.12. The van der Waals surface area contributed by atoms with Crippen molar-refractivity contribution in [1.82, 2.24) is 4.90 Å². The fourth-order valence-corrected chi connectivity index (χ4v) is 1.06. The van der Waals surface area contributed by atoms with Gasteiger partial charge in [0.1, 0.15) is 13.2 Å². The Morgan fingerprint density at radius 1 is 1.54 bits per heavy atom. The van der Waals surface area contributed by atoms with Gasteiger partial charge in [-0.1, -0.05) is 0 Å². The summed E-state index contributed by atoms with van der Waals surface area (Å²) < 4.78 is 9.62. The molecule has 0 aromatic carbocycles. The summed E-state index contributed by atoms with van der Waals surface area (Å²) in [5.74, 6) is -0.699. The van der Waals surface area contributed by atoms with Crippen LogP contribution in [0.4, 0.5) is 0 Å². The zero-order valence-electron chi connectivity index (χ0n) is 7.62. The lowest BCUT2D eigenvalue weighted by atomic mass is 10.4. The molecule has 0 atom stereocenters. The van der Waals surface area contributed by atoms with E-state index in [-0.39, 0.29) is 19.1 Å². The van der Waals surface area contributed by atoms with Crippen molar-refractivity contribution >= 4 is 11.9 Å². The molecular formula is C8H13NO4. The van der Waals surface area contributed by atoms with E-state index in [1.54, 1.807) is 6.92 Å². The maximum atomic E-state index is 11.3. The molecule has 1 aliphatic heterocycles. The van der Waals surface area contributed by atoms with Gasteiger partial charge >= 0.3 is 5.97 Å². The topological polar surface area (TPSA) is 55.8 Å². The van der Waals surface area contributed by atoms with Crippen LogP contribution in [0.2, 0.25) is 0 Å². The Hall–Kier alpha value is -1.10. The second-order valence-electron chi connectivity index (χ2n) is 2.68. The summed E-state index contributed by atoms with van der Waals surface area (Å²) in [6.45, 7) is 3.43. The Balaban J connectivity index is 2.27. The van der Waals surface area contributed by atoms with E-state index in [0.29, 0.717) is 19.8 Å². The molecule has 0 N–H and O–H groups in total. The minimum absolute atomic E-state index is 0.183. The third-order valence-electron chi connectivity index (χ3n) is 1.71. The summed E-state index contributed by atoms with van der Waals surface area (Å²) in [6.07, 6.45) is -0.183. The molecule has 0 bridgehead atoms. The number of rotatable bonds is 3. The highest BCUT2D eigenvalue weighted by atomic mass is 16.5. The van der Waals surface area contributed by atoms with Gasteiger partial charge in [-0.15, -0.1) is 0 Å². The smallest absolute Gasteiger partial charge is 0.315 e. The number of nitrogens with zero attached hydrogens (tertiary/aromatic N) is 1. The summed E-state index contributed by atoms with van der Waals surface area (Å²) in [5.41, 5.74) is 0. The summed E-state index contributed by atoms with van der Waals surface area (Å²) in [5, 5.41) is 0. The molecule has 1 amide bonds. The standard InChI is InChI=1S/C8H13NO4/c1-2-13-8(11)5-7(10)9-3-4-12-6-9/h2-6H2,1H3. The Kier molecular flexibility index (Phi) is 3.70. The van der Waals surface area contributed by atoms with E-state index >= 15 is 0 Å². The van der Waals surface area contributed by atoms with E-state index in [9.17, 15) is 9.59 Å². The van der Waals surface area contributed by atoms with E-state index in [0.717, 1.165) is 0 Å². The van der Waals surface area contributed by atoms with Crippen molar-refractivity contribution in [3.05, 3.63) is 0 Å². The predicted molar refractivity (Wildman–Crippen MR) is 43.8 cm³/mol. The van der Waals surface area contributed by atoms with Crippen LogP contribution >= 0.6 is 0 Å². The van der Waals surface area contributed by atoms with E-state index in [4.69, 9.17) is 4.74 Å². The molecule has 5 nitrogen and oxygen atoms in total. The summed E-state index contributed by atoms with van der Waals surface area (Å²) in [7, 11) is 0. The second-order valence-corrected chi connectivity index (χ2v) is 2.68. The third kappa shape index (κ3) is 3.02. The van der Waals surface area contributed by atoms with Crippen molar-refractivity contribution in [2.45, 2.75) is 13.3 Å². The third-order valence-corrected chi connectivity index (χ3v) is 1.71. The summed E-state index contributed by atoms with van der Waals surface area (Å²) >= 11 is 0. The number of esters is 1. The van der Waals surface area contributed by atoms with Crippen molar-refractivity contribution < 1.29 is 19.1 Å². The van der Waals surface area contributed by atoms with Crippen LogP contribution in [-0.4, -0.2) is 43.3 Å². The first-order valence-corrected chi connectivity index (χ1v) is 4.25. The molecule has 1 aliphatic rings. The molecule has 0 aromatic rings. The molecule has 1 fully saturated rings. The number of hydrogen-bond donors (Lipinski definition) is 0. The highest BCUT2D eigenvalue weighted by Crippen LogP contribution is 2.02. The van der Waals surface area contributed by atoms with Crippen LogP contribution in [-0.2, 0) is 19.1 Å². The zero-order valence-corrected chi connectivity index (χ0v) is 7.62. The molecule has 0 saturated carbocycles. The molecule has 13 heavy (non-hydrogen) atoms. The molecule has 1 saturated heterocycles. The molecule has 0 radical (unpaired) electrons. The highest BCUT2D eigenvalue weighted by Gasteiger charge is 2.21. The van der Waals surface area contributed by atoms with Crippen molar-refractivity contribution in [2.24, 2.45) is 0 Å². The molecule has 1 rings (SSSR count). The molecular weight excluding hydrogens is 174 g/mol. The SMILES string of the molecule is CCOC(=O)CC(=O)N1CCOC1. The average Bonchev–Trinajstić information content (AvgIpc) is 2.55. The molecule has 74 valence electrons. The monoisotopic (exact) mass is 187 g/mol. The van der Waals surface area contributed by atoms with Gasteiger partial charge in [0, 0.05) is 6.54 Å². The normalized spacial score (nSPS) is 15.9. The van der Waals surface area contributed by atoms with Crippen LogP contribution in [0.1, 0.15) is 13.3 Å². The molecule has 5 heteroatoms. The van der Waals surface area contributed by atoms with Crippen LogP contribution in [0.5, 0.6) is 0 Å². The fraction of sp³-hybridized carbons (Fsp3) is 0.750. The predicted octanol–water partition coefficient (Wildman–Crippen LogP) is -0.244. The maximum absolute atomic E-state index is 11.3. The van der Waals surface area contributed by atoms with Gasteiger partial charge < -0.3 is 14.4 Å². The van der Waals surface area contributed by atoms with Gasteiger partial charge in [-0.2, -0.15) is 0 Å². The molecule has 0 spiro atoms. The molecule has 0 aromatic heterocycles.